The van der Waals surface area contributed by atoms with E-state index in [2.05, 4.69) is 42.5 Å². The van der Waals surface area contributed by atoms with Crippen LogP contribution in [0.5, 0.6) is 0 Å². The van der Waals surface area contributed by atoms with Crippen molar-refractivity contribution < 1.29 is 0 Å². The van der Waals surface area contributed by atoms with E-state index in [0.717, 1.165) is 5.66 Å². The van der Waals surface area contributed by atoms with E-state index in [1.807, 2.05) is 0 Å². The van der Waals surface area contributed by atoms with Crippen LogP contribution in [0.1, 0.15) is 70.6 Å². The second-order valence-electron chi connectivity index (χ2n) is 7.04. The van der Waals surface area contributed by atoms with Gasteiger partial charge in [0.2, 0.25) is 0 Å². The lowest BCUT2D eigenvalue weighted by atomic mass is 10.0. The third-order valence-electron chi connectivity index (χ3n) is 5.16. The van der Waals surface area contributed by atoms with E-state index in [9.17, 15) is 0 Å². The van der Waals surface area contributed by atoms with Gasteiger partial charge in [0.1, 0.15) is 0 Å². The normalized spacial score (nSPS) is 19.7. The molecule has 0 N–H and O–H groups in total. The van der Waals surface area contributed by atoms with Gasteiger partial charge in [-0.3, -0.25) is 0 Å². The summed E-state index contributed by atoms with van der Waals surface area (Å²) in [7, 11) is 1.57. The molecule has 1 fully saturated rings. The molecule has 0 aliphatic heterocycles. The molecule has 2 aromatic rings. The summed E-state index contributed by atoms with van der Waals surface area (Å²) >= 11 is 0. The van der Waals surface area contributed by atoms with Gasteiger partial charge in [-0.1, -0.05) is 100 Å². The molecule has 1 aliphatic carbocycles. The van der Waals surface area contributed by atoms with Crippen molar-refractivity contribution in [2.24, 2.45) is 0 Å². The first-order valence-corrected chi connectivity index (χ1v) is 10.6. The van der Waals surface area contributed by atoms with Gasteiger partial charge in [-0.25, -0.2) is 0 Å². The summed E-state index contributed by atoms with van der Waals surface area (Å²) in [5.74, 6) is 0. The van der Waals surface area contributed by atoms with E-state index in [1.54, 1.807) is 13.9 Å². The number of rotatable bonds is 2. The molecule has 0 heterocycles. The van der Waals surface area contributed by atoms with Crippen molar-refractivity contribution in [3.63, 3.8) is 0 Å². The third kappa shape index (κ3) is 5.32. The highest BCUT2D eigenvalue weighted by Gasteiger charge is 2.13. The smallest absolute Gasteiger partial charge is 0.0103 e. The number of hydrogen-bond acceptors (Lipinski definition) is 0. The Hall–Kier alpha value is -0.870. The third-order valence-corrected chi connectivity index (χ3v) is 6.71. The van der Waals surface area contributed by atoms with Gasteiger partial charge in [0.05, 0.1) is 0 Å². The van der Waals surface area contributed by atoms with Gasteiger partial charge in [0, 0.05) is 0 Å². The van der Waals surface area contributed by atoms with Crippen LogP contribution < -0.4 is 5.30 Å². The largest absolute Gasteiger partial charge is 0.0616 e. The molecule has 0 aromatic heterocycles. The van der Waals surface area contributed by atoms with Crippen molar-refractivity contribution in [3.05, 3.63) is 42.5 Å². The molecule has 0 bridgehead atoms. The first-order chi connectivity index (χ1) is 11.4. The van der Waals surface area contributed by atoms with Crippen LogP contribution in [0, 0.1) is 0 Å². The standard InChI is InChI=1S/C22H30P/c1-2-4-6-8-15-20(16-9-7-5-3-1)23-22-18-12-14-19-13-10-11-17-21(19)22/h10-14,17-18,20H,1-9,15-16H2. The number of fused-ring (bicyclic) bond motifs is 1. The summed E-state index contributed by atoms with van der Waals surface area (Å²) < 4.78 is 0. The topological polar surface area (TPSA) is 0 Å². The highest BCUT2D eigenvalue weighted by Crippen LogP contribution is 2.31. The molecule has 23 heavy (non-hydrogen) atoms. The minimum Gasteiger partial charge on any atom is -0.0616 e. The predicted octanol–water partition coefficient (Wildman–Crippen LogP) is 7.08. The molecule has 123 valence electrons. The summed E-state index contributed by atoms with van der Waals surface area (Å²) in [6.07, 6.45) is 15.9. The Morgan fingerprint density at radius 3 is 1.87 bits per heavy atom. The van der Waals surface area contributed by atoms with Gasteiger partial charge in [-0.05, 0) is 43.2 Å². The minimum atomic E-state index is 0.861. The van der Waals surface area contributed by atoms with Crippen LogP contribution in [0.15, 0.2) is 42.5 Å². The van der Waals surface area contributed by atoms with E-state index in [-0.39, 0.29) is 0 Å². The summed E-state index contributed by atoms with van der Waals surface area (Å²) in [6, 6.07) is 15.7. The zero-order valence-corrected chi connectivity index (χ0v) is 15.2. The average Bonchev–Trinajstić information content (AvgIpc) is 2.57. The fourth-order valence-corrected chi connectivity index (χ4v) is 5.32. The second kappa shape index (κ2) is 9.43. The predicted molar refractivity (Wildman–Crippen MR) is 105 cm³/mol. The molecule has 0 spiro atoms. The Kier molecular flexibility index (Phi) is 6.96. The maximum absolute atomic E-state index is 2.35. The molecule has 0 saturated heterocycles. The Balaban J connectivity index is 1.67. The lowest BCUT2D eigenvalue weighted by Gasteiger charge is -2.18. The first kappa shape index (κ1) is 17.0. The van der Waals surface area contributed by atoms with Gasteiger partial charge < -0.3 is 0 Å². The molecule has 0 nitrogen and oxygen atoms in total. The number of benzene rings is 2. The Labute approximate surface area is 143 Å². The van der Waals surface area contributed by atoms with Crippen molar-refractivity contribution in [1.29, 1.82) is 0 Å². The zero-order valence-electron chi connectivity index (χ0n) is 14.3. The Morgan fingerprint density at radius 2 is 1.17 bits per heavy atom. The average molecular weight is 325 g/mol. The summed E-state index contributed by atoms with van der Waals surface area (Å²) in [4.78, 5) is 0. The van der Waals surface area contributed by atoms with Crippen LogP contribution in [-0.4, -0.2) is 5.66 Å². The molecule has 2 aromatic carbocycles. The lowest BCUT2D eigenvalue weighted by molar-refractivity contribution is 0.509. The maximum Gasteiger partial charge on any atom is -0.0103 e. The first-order valence-electron chi connectivity index (χ1n) is 9.62. The van der Waals surface area contributed by atoms with Gasteiger partial charge in [-0.15, -0.1) is 0 Å². The van der Waals surface area contributed by atoms with E-state index in [1.165, 1.54) is 81.4 Å². The van der Waals surface area contributed by atoms with Gasteiger partial charge in [0.15, 0.2) is 0 Å². The Bertz CT molecular complexity index is 572. The van der Waals surface area contributed by atoms with Crippen molar-refractivity contribution >= 4 is 24.7 Å². The molecule has 0 amide bonds. The second-order valence-corrected chi connectivity index (χ2v) is 8.51. The fourth-order valence-electron chi connectivity index (χ4n) is 3.79. The quantitative estimate of drug-likeness (QED) is 0.517. The molecule has 1 radical (unpaired) electrons. The fraction of sp³-hybridized carbons (Fsp3) is 0.545. The molecule has 1 saturated carbocycles. The molecule has 1 heteroatoms. The summed E-state index contributed by atoms with van der Waals surface area (Å²) in [5, 5.41) is 4.40. The summed E-state index contributed by atoms with van der Waals surface area (Å²) in [6.45, 7) is 0. The van der Waals surface area contributed by atoms with Crippen LogP contribution >= 0.6 is 8.58 Å². The van der Waals surface area contributed by atoms with Crippen LogP contribution in [0.3, 0.4) is 0 Å². The summed E-state index contributed by atoms with van der Waals surface area (Å²) in [5.41, 5.74) is 0.861. The Morgan fingerprint density at radius 1 is 0.609 bits per heavy atom. The SMILES string of the molecule is c1ccc2c([P]C3CCCCCCCCCCC3)cccc2c1. The van der Waals surface area contributed by atoms with Crippen LogP contribution in [-0.2, 0) is 0 Å². The van der Waals surface area contributed by atoms with Crippen molar-refractivity contribution in [2.45, 2.75) is 76.3 Å². The highest BCUT2D eigenvalue weighted by molar-refractivity contribution is 7.48. The zero-order chi connectivity index (χ0) is 15.7. The van der Waals surface area contributed by atoms with E-state index < -0.39 is 0 Å². The molecular formula is C22H30P. The van der Waals surface area contributed by atoms with Crippen molar-refractivity contribution in [1.82, 2.24) is 0 Å². The van der Waals surface area contributed by atoms with Crippen LogP contribution in [0.4, 0.5) is 0 Å². The van der Waals surface area contributed by atoms with Gasteiger partial charge in [-0.2, -0.15) is 0 Å². The molecule has 3 rings (SSSR count). The van der Waals surface area contributed by atoms with Gasteiger partial charge >= 0.3 is 0 Å². The van der Waals surface area contributed by atoms with Crippen LogP contribution in [0.25, 0.3) is 10.8 Å². The number of hydrogen-bond donors (Lipinski definition) is 0. The molecule has 0 unspecified atom stereocenters. The molecular weight excluding hydrogens is 295 g/mol. The van der Waals surface area contributed by atoms with E-state index in [0.29, 0.717) is 0 Å². The molecule has 1 aliphatic rings. The maximum atomic E-state index is 2.35. The van der Waals surface area contributed by atoms with Crippen LogP contribution in [0.2, 0.25) is 0 Å². The monoisotopic (exact) mass is 325 g/mol. The van der Waals surface area contributed by atoms with Crippen molar-refractivity contribution in [2.75, 3.05) is 0 Å². The highest BCUT2D eigenvalue weighted by atomic mass is 31.1. The van der Waals surface area contributed by atoms with Gasteiger partial charge in [0.25, 0.3) is 0 Å². The minimum absolute atomic E-state index is 0.861. The lowest BCUT2D eigenvalue weighted by Crippen LogP contribution is -2.08. The van der Waals surface area contributed by atoms with E-state index in [4.69, 9.17) is 0 Å². The van der Waals surface area contributed by atoms with E-state index >= 15 is 0 Å². The van der Waals surface area contributed by atoms with Crippen molar-refractivity contribution in [3.8, 4) is 0 Å². The molecule has 0 atom stereocenters.